The molecule has 0 atom stereocenters. The number of hydrogen-bond acceptors (Lipinski definition) is 5. The molecule has 1 aliphatic rings. The number of amides is 2. The zero-order valence-electron chi connectivity index (χ0n) is 17.7. The second-order valence-electron chi connectivity index (χ2n) is 8.12. The molecule has 0 saturated heterocycles. The number of ether oxygens (including phenoxy) is 1. The van der Waals surface area contributed by atoms with E-state index >= 15 is 0 Å². The molecule has 1 aliphatic carbocycles. The molecule has 1 fully saturated rings. The van der Waals surface area contributed by atoms with Gasteiger partial charge in [-0.3, -0.25) is 4.98 Å². The number of sulfone groups is 1. The van der Waals surface area contributed by atoms with Crippen molar-refractivity contribution >= 4 is 21.6 Å². The number of carbonyl (C=O) groups is 1. The van der Waals surface area contributed by atoms with Crippen molar-refractivity contribution in [3.63, 3.8) is 0 Å². The third kappa shape index (κ3) is 6.73. The number of anilines is 1. The summed E-state index contributed by atoms with van der Waals surface area (Å²) in [7, 11) is -3.51. The summed E-state index contributed by atoms with van der Waals surface area (Å²) in [5, 5.41) is 4.88. The van der Waals surface area contributed by atoms with Gasteiger partial charge in [-0.1, -0.05) is 6.07 Å². The van der Waals surface area contributed by atoms with Crippen molar-refractivity contribution in [3.8, 4) is 0 Å². The summed E-state index contributed by atoms with van der Waals surface area (Å²) >= 11 is 0. The van der Waals surface area contributed by atoms with Crippen LogP contribution in [-0.4, -0.2) is 36.6 Å². The fourth-order valence-corrected chi connectivity index (χ4v) is 5.43. The third-order valence-corrected chi connectivity index (χ3v) is 7.40. The molecule has 0 radical (unpaired) electrons. The highest BCUT2D eigenvalue weighted by atomic mass is 32.2. The predicted octanol–water partition coefficient (Wildman–Crippen LogP) is 4.21. The fraction of sp³-hybridized carbons (Fsp3) is 0.455. The maximum atomic E-state index is 13.7. The van der Waals surface area contributed by atoms with Crippen LogP contribution in [0.2, 0.25) is 0 Å². The SMILES string of the molecule is CC(C)(F)OC1CCC(S(=O)(=O)c2ccc(NC(=O)NCc3cccnc3)cc2)CC1. The van der Waals surface area contributed by atoms with Gasteiger partial charge in [0.1, 0.15) is 0 Å². The molecule has 1 aromatic carbocycles. The average molecular weight is 450 g/mol. The lowest BCUT2D eigenvalue weighted by molar-refractivity contribution is -0.161. The van der Waals surface area contributed by atoms with Crippen LogP contribution in [0.3, 0.4) is 0 Å². The standard InChI is InChI=1S/C22H28FN3O4S/c1-22(2,23)30-18-7-11-20(12-8-18)31(28,29)19-9-5-17(6-10-19)26-21(27)25-15-16-4-3-13-24-14-16/h3-6,9-10,13-14,18,20H,7-8,11-12,15H2,1-2H3,(H2,25,26,27). The van der Waals surface area contributed by atoms with Gasteiger partial charge in [-0.2, -0.15) is 0 Å². The van der Waals surface area contributed by atoms with Gasteiger partial charge in [-0.05, 0) is 75.4 Å². The number of rotatable bonds is 7. The Kier molecular flexibility index (Phi) is 7.27. The summed E-state index contributed by atoms with van der Waals surface area (Å²) in [6, 6.07) is 9.38. The summed E-state index contributed by atoms with van der Waals surface area (Å²) in [6.45, 7) is 3.03. The van der Waals surface area contributed by atoms with E-state index in [9.17, 15) is 17.6 Å². The van der Waals surface area contributed by atoms with Crippen molar-refractivity contribution in [1.29, 1.82) is 0 Å². The first-order valence-corrected chi connectivity index (χ1v) is 11.8. The number of carbonyl (C=O) groups excluding carboxylic acids is 1. The number of nitrogens with zero attached hydrogens (tertiary/aromatic N) is 1. The minimum Gasteiger partial charge on any atom is -0.343 e. The van der Waals surface area contributed by atoms with Gasteiger partial charge in [0, 0.05) is 24.6 Å². The molecule has 168 valence electrons. The van der Waals surface area contributed by atoms with E-state index in [0.29, 0.717) is 37.9 Å². The maximum Gasteiger partial charge on any atom is 0.319 e. The number of pyridine rings is 1. The van der Waals surface area contributed by atoms with Crippen LogP contribution in [-0.2, 0) is 21.1 Å². The molecule has 0 spiro atoms. The normalized spacial score (nSPS) is 19.6. The second-order valence-corrected chi connectivity index (χ2v) is 10.3. The smallest absolute Gasteiger partial charge is 0.319 e. The van der Waals surface area contributed by atoms with Crippen molar-refractivity contribution in [2.75, 3.05) is 5.32 Å². The zero-order chi connectivity index (χ0) is 22.5. The molecule has 0 unspecified atom stereocenters. The number of aromatic nitrogens is 1. The third-order valence-electron chi connectivity index (χ3n) is 5.12. The van der Waals surface area contributed by atoms with Gasteiger partial charge >= 0.3 is 6.03 Å². The molecule has 9 heteroatoms. The predicted molar refractivity (Wildman–Crippen MR) is 116 cm³/mol. The van der Waals surface area contributed by atoms with Crippen molar-refractivity contribution < 1.29 is 22.3 Å². The van der Waals surface area contributed by atoms with E-state index in [1.165, 1.54) is 26.0 Å². The number of alkyl halides is 1. The Morgan fingerprint density at radius 1 is 1.16 bits per heavy atom. The number of benzene rings is 1. The highest BCUT2D eigenvalue weighted by Gasteiger charge is 2.34. The minimum atomic E-state index is -3.51. The summed E-state index contributed by atoms with van der Waals surface area (Å²) in [4.78, 5) is 16.2. The van der Waals surface area contributed by atoms with E-state index in [1.807, 2.05) is 6.07 Å². The van der Waals surface area contributed by atoms with Crippen LogP contribution in [0.4, 0.5) is 14.9 Å². The van der Waals surface area contributed by atoms with Gasteiger partial charge in [0.25, 0.3) is 0 Å². The fourth-order valence-electron chi connectivity index (χ4n) is 3.64. The molecule has 31 heavy (non-hydrogen) atoms. The molecule has 7 nitrogen and oxygen atoms in total. The summed E-state index contributed by atoms with van der Waals surface area (Å²) in [5.74, 6) is -1.72. The van der Waals surface area contributed by atoms with Crippen LogP contribution in [0.5, 0.6) is 0 Å². The highest BCUT2D eigenvalue weighted by molar-refractivity contribution is 7.92. The van der Waals surface area contributed by atoms with Crippen LogP contribution in [0, 0.1) is 0 Å². The summed E-state index contributed by atoms with van der Waals surface area (Å²) < 4.78 is 44.9. The number of nitrogens with one attached hydrogen (secondary N) is 2. The van der Waals surface area contributed by atoms with Gasteiger partial charge in [0.15, 0.2) is 9.84 Å². The molecular formula is C22H28FN3O4S. The van der Waals surface area contributed by atoms with Crippen molar-refractivity contribution in [3.05, 3.63) is 54.4 Å². The molecule has 2 amide bonds. The topological polar surface area (TPSA) is 97.4 Å². The zero-order valence-corrected chi connectivity index (χ0v) is 18.5. The highest BCUT2D eigenvalue weighted by Crippen LogP contribution is 2.32. The summed E-state index contributed by atoms with van der Waals surface area (Å²) in [5.41, 5.74) is 1.36. The Morgan fingerprint density at radius 2 is 1.84 bits per heavy atom. The minimum absolute atomic E-state index is 0.212. The first kappa shape index (κ1) is 23.1. The first-order valence-electron chi connectivity index (χ1n) is 10.3. The van der Waals surface area contributed by atoms with Gasteiger partial charge in [0.2, 0.25) is 5.85 Å². The molecule has 1 heterocycles. The van der Waals surface area contributed by atoms with Crippen LogP contribution in [0.1, 0.15) is 45.1 Å². The van der Waals surface area contributed by atoms with Gasteiger partial charge in [-0.15, -0.1) is 0 Å². The molecule has 0 bridgehead atoms. The van der Waals surface area contributed by atoms with Crippen molar-refractivity contribution in [1.82, 2.24) is 10.3 Å². The lowest BCUT2D eigenvalue weighted by Crippen LogP contribution is -2.34. The number of halogens is 1. The Morgan fingerprint density at radius 3 is 2.42 bits per heavy atom. The van der Waals surface area contributed by atoms with Crippen LogP contribution in [0.15, 0.2) is 53.7 Å². The van der Waals surface area contributed by atoms with Gasteiger partial charge in [-0.25, -0.2) is 17.6 Å². The lowest BCUT2D eigenvalue weighted by atomic mass is 9.97. The van der Waals surface area contributed by atoms with E-state index in [0.717, 1.165) is 5.56 Å². The second kappa shape index (κ2) is 9.74. The molecule has 3 rings (SSSR count). The molecule has 2 N–H and O–H groups in total. The van der Waals surface area contributed by atoms with Crippen LogP contribution < -0.4 is 10.6 Å². The van der Waals surface area contributed by atoms with Crippen molar-refractivity contribution in [2.45, 2.75) is 68.2 Å². The molecule has 2 aromatic rings. The lowest BCUT2D eigenvalue weighted by Gasteiger charge is -2.31. The van der Waals surface area contributed by atoms with E-state index in [2.05, 4.69) is 15.6 Å². The van der Waals surface area contributed by atoms with Crippen LogP contribution >= 0.6 is 0 Å². The Hall–Kier alpha value is -2.52. The maximum absolute atomic E-state index is 13.7. The average Bonchev–Trinajstić information content (AvgIpc) is 2.73. The summed E-state index contributed by atoms with van der Waals surface area (Å²) in [6.07, 6.45) is 4.94. The Balaban J connectivity index is 1.53. The monoisotopic (exact) mass is 449 g/mol. The van der Waals surface area contributed by atoms with E-state index in [-0.39, 0.29) is 11.0 Å². The first-order chi connectivity index (χ1) is 14.6. The Labute approximate surface area is 182 Å². The Bertz CT molecular complexity index is 968. The molecule has 0 aliphatic heterocycles. The largest absolute Gasteiger partial charge is 0.343 e. The van der Waals surface area contributed by atoms with Crippen molar-refractivity contribution in [2.24, 2.45) is 0 Å². The van der Waals surface area contributed by atoms with Crippen LogP contribution in [0.25, 0.3) is 0 Å². The number of hydrogen-bond donors (Lipinski definition) is 2. The number of urea groups is 1. The molecule has 1 saturated carbocycles. The quantitative estimate of drug-likeness (QED) is 0.660. The van der Waals surface area contributed by atoms with Gasteiger partial charge < -0.3 is 15.4 Å². The van der Waals surface area contributed by atoms with E-state index in [4.69, 9.17) is 4.74 Å². The molecule has 1 aromatic heterocycles. The van der Waals surface area contributed by atoms with Gasteiger partial charge in [0.05, 0.1) is 16.2 Å². The van der Waals surface area contributed by atoms with E-state index < -0.39 is 27.0 Å². The van der Waals surface area contributed by atoms with E-state index in [1.54, 1.807) is 30.6 Å². The molecular weight excluding hydrogens is 421 g/mol.